The van der Waals surface area contributed by atoms with Gasteiger partial charge in [-0.25, -0.2) is 4.39 Å². The molecule has 0 atom stereocenters. The standard InChI is InChI=1S/C21H24FNO2/c22-20-11-18(21-19(12-20)14-24-15-25-21)13-23-8-6-17(7-9-23)10-16-4-2-1-3-5-16/h1-5,11-12,17H,6-10,13-15H2. The van der Waals surface area contributed by atoms with E-state index in [1.807, 2.05) is 0 Å². The molecule has 0 aliphatic carbocycles. The van der Waals surface area contributed by atoms with E-state index in [1.54, 1.807) is 6.07 Å². The highest BCUT2D eigenvalue weighted by Crippen LogP contribution is 2.31. The van der Waals surface area contributed by atoms with Gasteiger partial charge in [-0.05, 0) is 56.0 Å². The molecule has 1 saturated heterocycles. The first kappa shape index (κ1) is 16.6. The fraction of sp³-hybridized carbons (Fsp3) is 0.429. The second-order valence-corrected chi connectivity index (χ2v) is 7.07. The highest BCUT2D eigenvalue weighted by atomic mass is 19.1. The van der Waals surface area contributed by atoms with Crippen molar-refractivity contribution in [2.45, 2.75) is 32.4 Å². The number of rotatable bonds is 4. The first-order valence-electron chi connectivity index (χ1n) is 9.06. The van der Waals surface area contributed by atoms with Crippen LogP contribution in [0, 0.1) is 11.7 Å². The molecule has 132 valence electrons. The number of halogens is 1. The van der Waals surface area contributed by atoms with E-state index >= 15 is 0 Å². The summed E-state index contributed by atoms with van der Waals surface area (Å²) in [6.45, 7) is 3.54. The van der Waals surface area contributed by atoms with Crippen molar-refractivity contribution in [1.82, 2.24) is 4.90 Å². The van der Waals surface area contributed by atoms with Crippen molar-refractivity contribution in [3.63, 3.8) is 0 Å². The van der Waals surface area contributed by atoms with Crippen LogP contribution in [0.1, 0.15) is 29.5 Å². The van der Waals surface area contributed by atoms with Crippen LogP contribution < -0.4 is 4.74 Å². The van der Waals surface area contributed by atoms with E-state index in [-0.39, 0.29) is 12.6 Å². The molecule has 0 radical (unpaired) electrons. The molecule has 2 aliphatic heterocycles. The summed E-state index contributed by atoms with van der Waals surface area (Å²) in [6.07, 6.45) is 3.54. The second kappa shape index (κ2) is 7.54. The zero-order chi connectivity index (χ0) is 17.1. The molecule has 3 nitrogen and oxygen atoms in total. The predicted molar refractivity (Wildman–Crippen MR) is 94.8 cm³/mol. The molecule has 0 amide bonds. The third kappa shape index (κ3) is 4.02. The summed E-state index contributed by atoms with van der Waals surface area (Å²) in [6, 6.07) is 13.8. The number of hydrogen-bond donors (Lipinski definition) is 0. The molecule has 0 bridgehead atoms. The van der Waals surface area contributed by atoms with Gasteiger partial charge in [0.1, 0.15) is 11.6 Å². The summed E-state index contributed by atoms with van der Waals surface area (Å²) in [5.74, 6) is 1.35. The lowest BCUT2D eigenvalue weighted by atomic mass is 9.90. The molecule has 25 heavy (non-hydrogen) atoms. The number of piperidine rings is 1. The van der Waals surface area contributed by atoms with Gasteiger partial charge in [-0.3, -0.25) is 4.90 Å². The van der Waals surface area contributed by atoms with Gasteiger partial charge in [-0.2, -0.15) is 0 Å². The van der Waals surface area contributed by atoms with Crippen LogP contribution in [-0.2, 0) is 24.3 Å². The van der Waals surface area contributed by atoms with Crippen molar-refractivity contribution >= 4 is 0 Å². The van der Waals surface area contributed by atoms with Crippen LogP contribution >= 0.6 is 0 Å². The molecule has 4 heteroatoms. The lowest BCUT2D eigenvalue weighted by Crippen LogP contribution is -2.34. The number of likely N-dealkylation sites (tertiary alicyclic amines) is 1. The summed E-state index contributed by atoms with van der Waals surface area (Å²) in [7, 11) is 0. The van der Waals surface area contributed by atoms with Gasteiger partial charge in [0, 0.05) is 17.7 Å². The van der Waals surface area contributed by atoms with Crippen LogP contribution in [0.4, 0.5) is 4.39 Å². The van der Waals surface area contributed by atoms with E-state index in [2.05, 4.69) is 35.2 Å². The average molecular weight is 341 g/mol. The topological polar surface area (TPSA) is 21.7 Å². The fourth-order valence-corrected chi connectivity index (χ4v) is 3.91. The summed E-state index contributed by atoms with van der Waals surface area (Å²) in [5.41, 5.74) is 3.19. The van der Waals surface area contributed by atoms with Crippen molar-refractivity contribution in [1.29, 1.82) is 0 Å². The Morgan fingerprint density at radius 2 is 1.88 bits per heavy atom. The summed E-state index contributed by atoms with van der Waals surface area (Å²) in [4.78, 5) is 2.41. The van der Waals surface area contributed by atoms with Crippen molar-refractivity contribution < 1.29 is 13.9 Å². The Labute approximate surface area is 148 Å². The maximum absolute atomic E-state index is 13.9. The zero-order valence-corrected chi connectivity index (χ0v) is 14.4. The largest absolute Gasteiger partial charge is 0.467 e. The molecule has 4 rings (SSSR count). The van der Waals surface area contributed by atoms with Gasteiger partial charge in [-0.15, -0.1) is 0 Å². The average Bonchev–Trinajstić information content (AvgIpc) is 2.64. The third-order valence-corrected chi connectivity index (χ3v) is 5.22. The molecule has 0 spiro atoms. The number of fused-ring (bicyclic) bond motifs is 1. The number of nitrogens with zero attached hydrogens (tertiary/aromatic N) is 1. The summed E-state index contributed by atoms with van der Waals surface area (Å²) >= 11 is 0. The Morgan fingerprint density at radius 3 is 2.68 bits per heavy atom. The Morgan fingerprint density at radius 1 is 1.08 bits per heavy atom. The van der Waals surface area contributed by atoms with Gasteiger partial charge < -0.3 is 9.47 Å². The zero-order valence-electron chi connectivity index (χ0n) is 14.4. The van der Waals surface area contributed by atoms with Gasteiger partial charge >= 0.3 is 0 Å². The van der Waals surface area contributed by atoms with Gasteiger partial charge in [0.2, 0.25) is 0 Å². The molecule has 2 aromatic carbocycles. The van der Waals surface area contributed by atoms with Crippen LogP contribution in [-0.4, -0.2) is 24.8 Å². The molecule has 2 aliphatic rings. The second-order valence-electron chi connectivity index (χ2n) is 7.07. The summed E-state index contributed by atoms with van der Waals surface area (Å²) in [5, 5.41) is 0. The van der Waals surface area contributed by atoms with Crippen molar-refractivity contribution in [2.75, 3.05) is 19.9 Å². The predicted octanol–water partition coefficient (Wildman–Crippen LogP) is 4.15. The minimum Gasteiger partial charge on any atom is -0.467 e. The molecule has 0 unspecified atom stereocenters. The van der Waals surface area contributed by atoms with Crippen molar-refractivity contribution in [3.05, 3.63) is 65.0 Å². The number of ether oxygens (including phenoxy) is 2. The molecular weight excluding hydrogens is 317 g/mol. The van der Waals surface area contributed by atoms with Crippen LogP contribution in [0.2, 0.25) is 0 Å². The van der Waals surface area contributed by atoms with Gasteiger partial charge in [0.15, 0.2) is 6.79 Å². The minimum atomic E-state index is -0.207. The quantitative estimate of drug-likeness (QED) is 0.834. The van der Waals surface area contributed by atoms with Crippen LogP contribution in [0.3, 0.4) is 0 Å². The van der Waals surface area contributed by atoms with Crippen molar-refractivity contribution in [2.24, 2.45) is 5.92 Å². The minimum absolute atomic E-state index is 0.207. The Balaban J connectivity index is 1.37. The molecule has 0 aromatic heterocycles. The van der Waals surface area contributed by atoms with E-state index in [0.717, 1.165) is 48.8 Å². The molecular formula is C21H24FNO2. The fourth-order valence-electron chi connectivity index (χ4n) is 3.91. The molecule has 0 N–H and O–H groups in total. The number of benzene rings is 2. The highest BCUT2D eigenvalue weighted by Gasteiger charge is 2.23. The Hall–Kier alpha value is -1.91. The van der Waals surface area contributed by atoms with Gasteiger partial charge in [0.25, 0.3) is 0 Å². The first-order chi connectivity index (χ1) is 12.3. The Bertz CT molecular complexity index is 711. The van der Waals surface area contributed by atoms with E-state index in [1.165, 1.54) is 24.5 Å². The monoisotopic (exact) mass is 341 g/mol. The van der Waals surface area contributed by atoms with E-state index in [9.17, 15) is 4.39 Å². The van der Waals surface area contributed by atoms with Crippen LogP contribution in [0.5, 0.6) is 5.75 Å². The molecule has 2 aromatic rings. The third-order valence-electron chi connectivity index (χ3n) is 5.22. The summed E-state index contributed by atoms with van der Waals surface area (Å²) < 4.78 is 24.8. The molecule has 1 fully saturated rings. The molecule has 0 saturated carbocycles. The number of hydrogen-bond acceptors (Lipinski definition) is 3. The smallest absolute Gasteiger partial charge is 0.189 e. The van der Waals surface area contributed by atoms with E-state index in [0.29, 0.717) is 6.61 Å². The lowest BCUT2D eigenvalue weighted by molar-refractivity contribution is -0.0178. The van der Waals surface area contributed by atoms with E-state index in [4.69, 9.17) is 9.47 Å². The normalized spacial score (nSPS) is 18.6. The van der Waals surface area contributed by atoms with Gasteiger partial charge in [0.05, 0.1) is 6.61 Å². The van der Waals surface area contributed by atoms with Crippen molar-refractivity contribution in [3.8, 4) is 5.75 Å². The van der Waals surface area contributed by atoms with Gasteiger partial charge in [-0.1, -0.05) is 30.3 Å². The van der Waals surface area contributed by atoms with E-state index < -0.39 is 0 Å². The SMILES string of the molecule is Fc1cc2c(c(CN3CCC(Cc4ccccc4)CC3)c1)OCOC2. The maximum atomic E-state index is 13.9. The van der Waals surface area contributed by atoms with Crippen LogP contribution in [0.15, 0.2) is 42.5 Å². The van der Waals surface area contributed by atoms with Crippen LogP contribution in [0.25, 0.3) is 0 Å². The molecule has 2 heterocycles. The maximum Gasteiger partial charge on any atom is 0.189 e. The first-order valence-corrected chi connectivity index (χ1v) is 9.06. The Kier molecular flexibility index (Phi) is 4.99. The highest BCUT2D eigenvalue weighted by molar-refractivity contribution is 5.42. The lowest BCUT2D eigenvalue weighted by Gasteiger charge is -2.33.